The number of methoxy groups -OCH3 is 1. The normalized spacial score (nSPS) is 9.23. The van der Waals surface area contributed by atoms with Crippen molar-refractivity contribution in [2.45, 2.75) is 6.42 Å². The van der Waals surface area contributed by atoms with Gasteiger partial charge in [-0.2, -0.15) is 5.26 Å². The van der Waals surface area contributed by atoms with E-state index in [0.29, 0.717) is 5.56 Å². The molecule has 13 heavy (non-hydrogen) atoms. The van der Waals surface area contributed by atoms with E-state index in [0.717, 1.165) is 0 Å². The quantitative estimate of drug-likeness (QED) is 0.668. The third-order valence-electron chi connectivity index (χ3n) is 1.62. The monoisotopic (exact) mass is 179 g/mol. The van der Waals surface area contributed by atoms with Gasteiger partial charge in [0, 0.05) is 0 Å². The summed E-state index contributed by atoms with van der Waals surface area (Å²) in [6.07, 6.45) is 0.171. The highest BCUT2D eigenvalue weighted by molar-refractivity contribution is 5.52. The number of rotatable bonds is 2. The molecular weight excluding hydrogens is 170 g/mol. The molecule has 4 nitrogen and oxygen atoms in total. The Hall–Kier alpha value is -1.89. The van der Waals surface area contributed by atoms with Crippen molar-refractivity contribution >= 4 is 0 Å². The van der Waals surface area contributed by atoms with E-state index in [1.807, 2.05) is 6.07 Å². The molecular formula is C9H9NO3. The number of hydrogen-bond donors (Lipinski definition) is 2. The fourth-order valence-corrected chi connectivity index (χ4v) is 0.998. The number of nitriles is 1. The average molecular weight is 179 g/mol. The van der Waals surface area contributed by atoms with Gasteiger partial charge in [0.25, 0.3) is 0 Å². The van der Waals surface area contributed by atoms with Gasteiger partial charge in [-0.15, -0.1) is 0 Å². The first-order valence-corrected chi connectivity index (χ1v) is 3.65. The molecule has 1 aromatic carbocycles. The molecule has 0 saturated carbocycles. The summed E-state index contributed by atoms with van der Waals surface area (Å²) in [4.78, 5) is 0. The van der Waals surface area contributed by atoms with Crippen LogP contribution in [0.15, 0.2) is 12.1 Å². The Kier molecular flexibility index (Phi) is 2.60. The molecule has 0 aliphatic heterocycles. The molecule has 0 saturated heterocycles. The third kappa shape index (κ3) is 1.82. The van der Waals surface area contributed by atoms with Crippen LogP contribution in [0.5, 0.6) is 17.2 Å². The molecule has 68 valence electrons. The van der Waals surface area contributed by atoms with Crippen LogP contribution in [0.1, 0.15) is 5.56 Å². The molecule has 0 aromatic heterocycles. The van der Waals surface area contributed by atoms with Crippen LogP contribution in [0.3, 0.4) is 0 Å². The topological polar surface area (TPSA) is 73.5 Å². The largest absolute Gasteiger partial charge is 0.504 e. The second-order valence-electron chi connectivity index (χ2n) is 2.50. The van der Waals surface area contributed by atoms with Crippen LogP contribution >= 0.6 is 0 Å². The Morgan fingerprint density at radius 3 is 2.69 bits per heavy atom. The smallest absolute Gasteiger partial charge is 0.200 e. The first-order chi connectivity index (χ1) is 6.19. The summed E-state index contributed by atoms with van der Waals surface area (Å²) < 4.78 is 4.79. The summed E-state index contributed by atoms with van der Waals surface area (Å²) in [5, 5.41) is 26.8. The SMILES string of the molecule is COc1cc(CC#N)cc(O)c1O. The number of phenols is 2. The molecule has 0 aliphatic carbocycles. The van der Waals surface area contributed by atoms with E-state index >= 15 is 0 Å². The van der Waals surface area contributed by atoms with Gasteiger partial charge in [0.2, 0.25) is 5.75 Å². The van der Waals surface area contributed by atoms with E-state index in [1.165, 1.54) is 19.2 Å². The third-order valence-corrected chi connectivity index (χ3v) is 1.62. The minimum absolute atomic E-state index is 0.171. The highest BCUT2D eigenvalue weighted by atomic mass is 16.5. The number of nitrogens with zero attached hydrogens (tertiary/aromatic N) is 1. The zero-order valence-corrected chi connectivity index (χ0v) is 7.11. The van der Waals surface area contributed by atoms with Gasteiger partial charge < -0.3 is 14.9 Å². The first kappa shape index (κ1) is 9.20. The van der Waals surface area contributed by atoms with Crippen LogP contribution in [-0.2, 0) is 6.42 Å². The van der Waals surface area contributed by atoms with Crippen LogP contribution in [0.2, 0.25) is 0 Å². The number of ether oxygens (including phenoxy) is 1. The maximum atomic E-state index is 9.23. The van der Waals surface area contributed by atoms with Crippen LogP contribution in [0.25, 0.3) is 0 Å². The zero-order valence-electron chi connectivity index (χ0n) is 7.11. The number of hydrogen-bond acceptors (Lipinski definition) is 4. The maximum Gasteiger partial charge on any atom is 0.200 e. The lowest BCUT2D eigenvalue weighted by Gasteiger charge is -2.06. The Morgan fingerprint density at radius 1 is 1.46 bits per heavy atom. The molecule has 0 aliphatic rings. The Bertz CT molecular complexity index is 355. The highest BCUT2D eigenvalue weighted by Gasteiger charge is 2.08. The van der Waals surface area contributed by atoms with E-state index in [4.69, 9.17) is 10.00 Å². The molecule has 1 rings (SSSR count). The lowest BCUT2D eigenvalue weighted by atomic mass is 10.1. The van der Waals surface area contributed by atoms with Gasteiger partial charge in [-0.25, -0.2) is 0 Å². The summed E-state index contributed by atoms with van der Waals surface area (Å²) in [5.41, 5.74) is 0.606. The summed E-state index contributed by atoms with van der Waals surface area (Å²) in [5.74, 6) is -0.404. The Morgan fingerprint density at radius 2 is 2.15 bits per heavy atom. The predicted molar refractivity (Wildman–Crippen MR) is 45.6 cm³/mol. The minimum atomic E-state index is -0.302. The zero-order chi connectivity index (χ0) is 9.84. The Balaban J connectivity index is 3.16. The molecule has 0 unspecified atom stereocenters. The molecule has 0 spiro atoms. The van der Waals surface area contributed by atoms with Crippen molar-refractivity contribution < 1.29 is 14.9 Å². The van der Waals surface area contributed by atoms with E-state index in [1.54, 1.807) is 0 Å². The van der Waals surface area contributed by atoms with Crippen LogP contribution in [-0.4, -0.2) is 17.3 Å². The van der Waals surface area contributed by atoms with Crippen molar-refractivity contribution in [3.8, 4) is 23.3 Å². The van der Waals surface area contributed by atoms with E-state index in [2.05, 4.69) is 0 Å². The molecule has 4 heteroatoms. The summed E-state index contributed by atoms with van der Waals surface area (Å²) in [7, 11) is 1.38. The van der Waals surface area contributed by atoms with Gasteiger partial charge in [-0.3, -0.25) is 0 Å². The predicted octanol–water partition coefficient (Wildman–Crippen LogP) is 1.17. The van der Waals surface area contributed by atoms with Crippen LogP contribution in [0, 0.1) is 11.3 Å². The molecule has 1 aromatic rings. The lowest BCUT2D eigenvalue weighted by molar-refractivity contribution is 0.350. The Labute approximate surface area is 75.6 Å². The van der Waals surface area contributed by atoms with Crippen molar-refractivity contribution in [1.82, 2.24) is 0 Å². The molecule has 0 atom stereocenters. The fourth-order valence-electron chi connectivity index (χ4n) is 0.998. The summed E-state index contributed by atoms with van der Waals surface area (Å²) in [6.45, 7) is 0. The minimum Gasteiger partial charge on any atom is -0.504 e. The number of benzene rings is 1. The van der Waals surface area contributed by atoms with Crippen molar-refractivity contribution in [3.05, 3.63) is 17.7 Å². The molecule has 0 heterocycles. The summed E-state index contributed by atoms with van der Waals surface area (Å²) >= 11 is 0. The van der Waals surface area contributed by atoms with Crippen LogP contribution < -0.4 is 4.74 Å². The van der Waals surface area contributed by atoms with Crippen molar-refractivity contribution in [1.29, 1.82) is 5.26 Å². The maximum absolute atomic E-state index is 9.23. The second-order valence-corrected chi connectivity index (χ2v) is 2.50. The van der Waals surface area contributed by atoms with Gasteiger partial charge in [0.15, 0.2) is 11.5 Å². The van der Waals surface area contributed by atoms with E-state index < -0.39 is 0 Å². The molecule has 2 N–H and O–H groups in total. The van der Waals surface area contributed by atoms with E-state index in [-0.39, 0.29) is 23.7 Å². The number of phenolic OH excluding ortho intramolecular Hbond substituents is 2. The van der Waals surface area contributed by atoms with Gasteiger partial charge >= 0.3 is 0 Å². The molecule has 0 amide bonds. The highest BCUT2D eigenvalue weighted by Crippen LogP contribution is 2.36. The number of aromatic hydroxyl groups is 2. The van der Waals surface area contributed by atoms with Crippen molar-refractivity contribution in [3.63, 3.8) is 0 Å². The van der Waals surface area contributed by atoms with Gasteiger partial charge in [0.1, 0.15) is 0 Å². The van der Waals surface area contributed by atoms with Crippen molar-refractivity contribution in [2.75, 3.05) is 7.11 Å². The first-order valence-electron chi connectivity index (χ1n) is 3.65. The van der Waals surface area contributed by atoms with Crippen molar-refractivity contribution in [2.24, 2.45) is 0 Å². The molecule has 0 bridgehead atoms. The van der Waals surface area contributed by atoms with Gasteiger partial charge in [0.05, 0.1) is 19.6 Å². The lowest BCUT2D eigenvalue weighted by Crippen LogP contribution is -1.88. The summed E-state index contributed by atoms with van der Waals surface area (Å²) in [6, 6.07) is 4.78. The van der Waals surface area contributed by atoms with Crippen LogP contribution in [0.4, 0.5) is 0 Å². The molecule has 0 fully saturated rings. The average Bonchev–Trinajstić information content (AvgIpc) is 2.11. The van der Waals surface area contributed by atoms with E-state index in [9.17, 15) is 10.2 Å². The van der Waals surface area contributed by atoms with Gasteiger partial charge in [-0.05, 0) is 17.7 Å². The second kappa shape index (κ2) is 3.68. The van der Waals surface area contributed by atoms with Gasteiger partial charge in [-0.1, -0.05) is 0 Å². The fraction of sp³-hybridized carbons (Fsp3) is 0.222. The standard InChI is InChI=1S/C9H9NO3/c1-13-8-5-6(2-3-10)4-7(11)9(8)12/h4-5,11-12H,2H2,1H3. The molecule has 0 radical (unpaired) electrons.